The molecule has 0 saturated heterocycles. The average Bonchev–Trinajstić information content (AvgIpc) is 3.17. The molecule has 2 aliphatic rings. The van der Waals surface area contributed by atoms with Crippen LogP contribution in [0, 0.1) is 0 Å². The lowest BCUT2D eigenvalue weighted by atomic mass is 10.1. The Bertz CT molecular complexity index is 713. The SMILES string of the molecule is CC1=CCN(S(=O)(=O)c2cc(C(=O)O)n(C3CC3)c2)CC1. The maximum Gasteiger partial charge on any atom is 0.352 e. The molecule has 0 unspecified atom stereocenters. The van der Waals surface area contributed by atoms with E-state index in [0.29, 0.717) is 19.5 Å². The van der Waals surface area contributed by atoms with Gasteiger partial charge < -0.3 is 9.67 Å². The number of aromatic carboxylic acids is 1. The van der Waals surface area contributed by atoms with Gasteiger partial charge >= 0.3 is 5.97 Å². The Morgan fingerprint density at radius 3 is 2.62 bits per heavy atom. The van der Waals surface area contributed by atoms with Gasteiger partial charge in [0.25, 0.3) is 0 Å². The number of hydrogen-bond acceptors (Lipinski definition) is 3. The van der Waals surface area contributed by atoms with Gasteiger partial charge in [0.05, 0.1) is 0 Å². The third kappa shape index (κ3) is 2.63. The molecule has 6 nitrogen and oxygen atoms in total. The first-order valence-corrected chi connectivity index (χ1v) is 8.44. The van der Waals surface area contributed by atoms with E-state index in [1.807, 2.05) is 13.0 Å². The molecule has 1 aliphatic carbocycles. The van der Waals surface area contributed by atoms with Crippen molar-refractivity contribution >= 4 is 16.0 Å². The van der Waals surface area contributed by atoms with E-state index in [2.05, 4.69) is 0 Å². The molecule has 0 radical (unpaired) electrons. The second-order valence-corrected chi connectivity index (χ2v) is 7.61. The number of carboxylic acids is 1. The summed E-state index contributed by atoms with van der Waals surface area (Å²) >= 11 is 0. The zero-order valence-electron chi connectivity index (χ0n) is 11.8. The minimum atomic E-state index is -3.62. The number of sulfonamides is 1. The standard InChI is InChI=1S/C14H18N2O4S/c1-10-4-6-15(7-5-10)21(19,20)12-8-13(14(17)18)16(9-12)11-2-3-11/h4,8-9,11H,2-3,5-7H2,1H3,(H,17,18). The van der Waals surface area contributed by atoms with Crippen molar-refractivity contribution in [3.05, 3.63) is 29.6 Å². The first-order chi connectivity index (χ1) is 9.89. The van der Waals surface area contributed by atoms with Crippen LogP contribution in [0.1, 0.15) is 42.7 Å². The number of carboxylic acid groups (broad SMARTS) is 1. The molecular weight excluding hydrogens is 292 g/mol. The Hall–Kier alpha value is -1.60. The van der Waals surface area contributed by atoms with Gasteiger partial charge in [-0.2, -0.15) is 4.31 Å². The summed E-state index contributed by atoms with van der Waals surface area (Å²) in [5, 5.41) is 9.23. The fraction of sp³-hybridized carbons (Fsp3) is 0.500. The number of carbonyl (C=O) groups is 1. The monoisotopic (exact) mass is 310 g/mol. The van der Waals surface area contributed by atoms with E-state index >= 15 is 0 Å². The fourth-order valence-electron chi connectivity index (χ4n) is 2.54. The molecule has 2 heterocycles. The van der Waals surface area contributed by atoms with Crippen LogP contribution in [-0.2, 0) is 10.0 Å². The minimum absolute atomic E-state index is 0.0554. The molecule has 1 aromatic rings. The van der Waals surface area contributed by atoms with Gasteiger partial charge in [-0.05, 0) is 32.3 Å². The van der Waals surface area contributed by atoms with E-state index in [9.17, 15) is 18.3 Å². The fourth-order valence-corrected chi connectivity index (χ4v) is 3.95. The first kappa shape index (κ1) is 14.3. The molecule has 3 rings (SSSR count). The van der Waals surface area contributed by atoms with Gasteiger partial charge in [-0.15, -0.1) is 0 Å². The van der Waals surface area contributed by atoms with Crippen molar-refractivity contribution in [2.75, 3.05) is 13.1 Å². The highest BCUT2D eigenvalue weighted by atomic mass is 32.2. The zero-order chi connectivity index (χ0) is 15.2. The largest absolute Gasteiger partial charge is 0.477 e. The molecule has 0 spiro atoms. The highest BCUT2D eigenvalue weighted by Crippen LogP contribution is 2.37. The second-order valence-electron chi connectivity index (χ2n) is 5.67. The predicted molar refractivity (Wildman–Crippen MR) is 76.8 cm³/mol. The van der Waals surface area contributed by atoms with E-state index in [-0.39, 0.29) is 16.6 Å². The van der Waals surface area contributed by atoms with Crippen molar-refractivity contribution in [3.8, 4) is 0 Å². The van der Waals surface area contributed by atoms with Crippen molar-refractivity contribution in [1.82, 2.24) is 8.87 Å². The topological polar surface area (TPSA) is 79.6 Å². The van der Waals surface area contributed by atoms with Crippen LogP contribution in [0.5, 0.6) is 0 Å². The van der Waals surface area contributed by atoms with E-state index in [4.69, 9.17) is 0 Å². The average molecular weight is 310 g/mol. The van der Waals surface area contributed by atoms with Crippen LogP contribution in [0.2, 0.25) is 0 Å². The van der Waals surface area contributed by atoms with Crippen LogP contribution in [0.4, 0.5) is 0 Å². The molecule has 114 valence electrons. The summed E-state index contributed by atoms with van der Waals surface area (Å²) in [5.41, 5.74) is 1.24. The van der Waals surface area contributed by atoms with Gasteiger partial charge in [0, 0.05) is 25.3 Å². The number of aromatic nitrogens is 1. The third-order valence-corrected chi connectivity index (χ3v) is 5.85. The van der Waals surface area contributed by atoms with E-state index in [1.165, 1.54) is 22.1 Å². The van der Waals surface area contributed by atoms with E-state index < -0.39 is 16.0 Å². The van der Waals surface area contributed by atoms with Gasteiger partial charge in [0.2, 0.25) is 10.0 Å². The van der Waals surface area contributed by atoms with Crippen LogP contribution >= 0.6 is 0 Å². The Balaban J connectivity index is 1.96. The maximum atomic E-state index is 12.6. The maximum absolute atomic E-state index is 12.6. The van der Waals surface area contributed by atoms with Gasteiger partial charge in [0.15, 0.2) is 0 Å². The normalized spacial score (nSPS) is 20.3. The summed E-state index contributed by atoms with van der Waals surface area (Å²) in [5.74, 6) is -1.09. The summed E-state index contributed by atoms with van der Waals surface area (Å²) in [7, 11) is -3.62. The highest BCUT2D eigenvalue weighted by molar-refractivity contribution is 7.89. The van der Waals surface area contributed by atoms with Crippen molar-refractivity contribution in [2.45, 2.75) is 37.1 Å². The highest BCUT2D eigenvalue weighted by Gasteiger charge is 2.32. The summed E-state index contributed by atoms with van der Waals surface area (Å²) in [6, 6.07) is 1.41. The van der Waals surface area contributed by atoms with Crippen molar-refractivity contribution in [2.24, 2.45) is 0 Å². The Labute approximate surface area is 123 Å². The molecule has 1 aliphatic heterocycles. The molecule has 0 amide bonds. The second kappa shape index (κ2) is 4.99. The van der Waals surface area contributed by atoms with Gasteiger partial charge in [-0.3, -0.25) is 0 Å². The summed E-state index contributed by atoms with van der Waals surface area (Å²) in [6.45, 7) is 2.78. The number of rotatable bonds is 4. The minimum Gasteiger partial charge on any atom is -0.477 e. The van der Waals surface area contributed by atoms with Crippen LogP contribution in [0.25, 0.3) is 0 Å². The lowest BCUT2D eigenvalue weighted by molar-refractivity contribution is 0.0685. The van der Waals surface area contributed by atoms with Crippen LogP contribution < -0.4 is 0 Å². The summed E-state index contributed by atoms with van der Waals surface area (Å²) in [6.07, 6.45) is 5.90. The molecule has 0 bridgehead atoms. The molecule has 1 aromatic heterocycles. The molecule has 1 fully saturated rings. The summed E-state index contributed by atoms with van der Waals surface area (Å²) in [4.78, 5) is 11.4. The molecule has 1 N–H and O–H groups in total. The van der Waals surface area contributed by atoms with Gasteiger partial charge in [0.1, 0.15) is 10.6 Å². The van der Waals surface area contributed by atoms with Crippen LogP contribution in [0.15, 0.2) is 28.8 Å². The summed E-state index contributed by atoms with van der Waals surface area (Å²) < 4.78 is 28.2. The van der Waals surface area contributed by atoms with Crippen molar-refractivity contribution in [1.29, 1.82) is 0 Å². The van der Waals surface area contributed by atoms with Crippen molar-refractivity contribution < 1.29 is 18.3 Å². The Morgan fingerprint density at radius 2 is 2.10 bits per heavy atom. The molecule has 1 saturated carbocycles. The van der Waals surface area contributed by atoms with Gasteiger partial charge in [-0.25, -0.2) is 13.2 Å². The van der Waals surface area contributed by atoms with E-state index in [1.54, 1.807) is 4.57 Å². The Morgan fingerprint density at radius 1 is 1.38 bits per heavy atom. The lowest BCUT2D eigenvalue weighted by Crippen LogP contribution is -2.34. The Kier molecular flexibility index (Phi) is 3.41. The quantitative estimate of drug-likeness (QED) is 0.861. The smallest absolute Gasteiger partial charge is 0.352 e. The molecular formula is C14H18N2O4S. The molecule has 0 aromatic carbocycles. The number of hydrogen-bond donors (Lipinski definition) is 1. The number of nitrogens with zero attached hydrogens (tertiary/aromatic N) is 2. The zero-order valence-corrected chi connectivity index (χ0v) is 12.6. The third-order valence-electron chi connectivity index (χ3n) is 4.02. The first-order valence-electron chi connectivity index (χ1n) is 7.00. The lowest BCUT2D eigenvalue weighted by Gasteiger charge is -2.24. The van der Waals surface area contributed by atoms with Crippen molar-refractivity contribution in [3.63, 3.8) is 0 Å². The van der Waals surface area contributed by atoms with Crippen LogP contribution in [0.3, 0.4) is 0 Å². The van der Waals surface area contributed by atoms with Gasteiger partial charge in [-0.1, -0.05) is 11.6 Å². The molecule has 21 heavy (non-hydrogen) atoms. The molecule has 7 heteroatoms. The van der Waals surface area contributed by atoms with E-state index in [0.717, 1.165) is 12.8 Å². The predicted octanol–water partition coefficient (Wildman–Crippen LogP) is 1.86. The molecule has 0 atom stereocenters. The van der Waals surface area contributed by atoms with Crippen LogP contribution in [-0.4, -0.2) is 41.5 Å².